The number of halogens is 2. The Morgan fingerprint density at radius 3 is 2.50 bits per heavy atom. The van der Waals surface area contributed by atoms with E-state index in [2.05, 4.69) is 0 Å². The summed E-state index contributed by atoms with van der Waals surface area (Å²) in [6.07, 6.45) is 1.57. The van der Waals surface area contributed by atoms with E-state index in [1.807, 2.05) is 6.92 Å². The second-order valence-corrected chi connectivity index (χ2v) is 3.62. The molecule has 1 aliphatic carbocycles. The highest BCUT2D eigenvalue weighted by Crippen LogP contribution is 2.44. The minimum Gasteiger partial charge on any atom is -0.300 e. The third kappa shape index (κ3) is 2.54. The third-order valence-electron chi connectivity index (χ3n) is 2.22. The Labute approximate surface area is 71.1 Å². The van der Waals surface area contributed by atoms with Gasteiger partial charge in [-0.2, -0.15) is 0 Å². The lowest BCUT2D eigenvalue weighted by atomic mass is 9.78. The molecular formula is C9H14F2O. The third-order valence-corrected chi connectivity index (χ3v) is 2.22. The van der Waals surface area contributed by atoms with Gasteiger partial charge in [0.15, 0.2) is 0 Å². The summed E-state index contributed by atoms with van der Waals surface area (Å²) in [6, 6.07) is 0. The molecule has 0 radical (unpaired) electrons. The molecule has 1 nitrogen and oxygen atoms in total. The standard InChI is InChI=1S/C9H14F2O/c1-2-3-8(12)4-7-5-9(10,11)6-7/h7H,2-6H2,1H3. The lowest BCUT2D eigenvalue weighted by molar-refractivity contribution is -0.132. The first-order valence-corrected chi connectivity index (χ1v) is 4.43. The van der Waals surface area contributed by atoms with Gasteiger partial charge in [-0.15, -0.1) is 0 Å². The van der Waals surface area contributed by atoms with E-state index in [0.717, 1.165) is 6.42 Å². The number of ketones is 1. The molecule has 70 valence electrons. The molecule has 0 bridgehead atoms. The van der Waals surface area contributed by atoms with Gasteiger partial charge in [-0.1, -0.05) is 6.92 Å². The van der Waals surface area contributed by atoms with Crippen LogP contribution in [0.3, 0.4) is 0 Å². The maximum Gasteiger partial charge on any atom is 0.248 e. The zero-order valence-corrected chi connectivity index (χ0v) is 7.28. The molecule has 3 heteroatoms. The van der Waals surface area contributed by atoms with Crippen molar-refractivity contribution in [3.8, 4) is 0 Å². The van der Waals surface area contributed by atoms with Crippen LogP contribution < -0.4 is 0 Å². The van der Waals surface area contributed by atoms with E-state index in [-0.39, 0.29) is 24.5 Å². The molecule has 0 N–H and O–H groups in total. The van der Waals surface area contributed by atoms with Crippen molar-refractivity contribution in [2.24, 2.45) is 5.92 Å². The number of hydrogen-bond donors (Lipinski definition) is 0. The number of Topliss-reactive ketones (excluding diaryl/α,β-unsaturated/α-hetero) is 1. The van der Waals surface area contributed by atoms with Crippen molar-refractivity contribution in [2.45, 2.75) is 45.0 Å². The van der Waals surface area contributed by atoms with E-state index in [4.69, 9.17) is 0 Å². The number of carbonyl (C=O) groups excluding carboxylic acids is 1. The van der Waals surface area contributed by atoms with Crippen molar-refractivity contribution >= 4 is 5.78 Å². The zero-order chi connectivity index (χ0) is 9.19. The fourth-order valence-electron chi connectivity index (χ4n) is 1.63. The Morgan fingerprint density at radius 1 is 1.50 bits per heavy atom. The van der Waals surface area contributed by atoms with E-state index in [0.29, 0.717) is 12.8 Å². The highest BCUT2D eigenvalue weighted by molar-refractivity contribution is 5.78. The van der Waals surface area contributed by atoms with E-state index >= 15 is 0 Å². The van der Waals surface area contributed by atoms with Crippen LogP contribution in [0.2, 0.25) is 0 Å². The summed E-state index contributed by atoms with van der Waals surface area (Å²) in [5, 5.41) is 0. The lowest BCUT2D eigenvalue weighted by Crippen LogP contribution is -2.36. The second-order valence-electron chi connectivity index (χ2n) is 3.62. The number of hydrogen-bond acceptors (Lipinski definition) is 1. The van der Waals surface area contributed by atoms with E-state index in [1.54, 1.807) is 0 Å². The normalized spacial score (nSPS) is 21.9. The van der Waals surface area contributed by atoms with Gasteiger partial charge in [-0.3, -0.25) is 4.79 Å². The largest absolute Gasteiger partial charge is 0.300 e. The number of rotatable bonds is 4. The van der Waals surface area contributed by atoms with Crippen LogP contribution in [0.25, 0.3) is 0 Å². The van der Waals surface area contributed by atoms with E-state index < -0.39 is 5.92 Å². The maximum absolute atomic E-state index is 12.3. The molecule has 0 spiro atoms. The van der Waals surface area contributed by atoms with Crippen molar-refractivity contribution in [1.82, 2.24) is 0 Å². The molecule has 0 aromatic heterocycles. The molecular weight excluding hydrogens is 162 g/mol. The van der Waals surface area contributed by atoms with Gasteiger partial charge in [0.1, 0.15) is 5.78 Å². The summed E-state index contributed by atoms with van der Waals surface area (Å²) in [5.41, 5.74) is 0. The molecule has 0 aliphatic heterocycles. The SMILES string of the molecule is CCCC(=O)CC1CC(F)(F)C1. The Kier molecular flexibility index (Phi) is 2.80. The first-order chi connectivity index (χ1) is 5.53. The molecule has 0 heterocycles. The minimum atomic E-state index is -2.48. The van der Waals surface area contributed by atoms with Crippen molar-refractivity contribution in [1.29, 1.82) is 0 Å². The molecule has 12 heavy (non-hydrogen) atoms. The van der Waals surface area contributed by atoms with Crippen molar-refractivity contribution in [3.05, 3.63) is 0 Å². The Balaban J connectivity index is 2.14. The molecule has 0 unspecified atom stereocenters. The molecule has 1 fully saturated rings. The first-order valence-electron chi connectivity index (χ1n) is 4.43. The monoisotopic (exact) mass is 176 g/mol. The molecule has 0 aromatic rings. The molecule has 1 rings (SSSR count). The quantitative estimate of drug-likeness (QED) is 0.643. The second kappa shape index (κ2) is 3.50. The Bertz CT molecular complexity index is 169. The number of carbonyl (C=O) groups is 1. The average Bonchev–Trinajstić information content (AvgIpc) is 1.83. The molecule has 0 aromatic carbocycles. The predicted molar refractivity (Wildman–Crippen MR) is 42.2 cm³/mol. The fourth-order valence-corrected chi connectivity index (χ4v) is 1.63. The van der Waals surface area contributed by atoms with E-state index in [1.165, 1.54) is 0 Å². The average molecular weight is 176 g/mol. The van der Waals surface area contributed by atoms with Gasteiger partial charge in [0.2, 0.25) is 5.92 Å². The predicted octanol–water partition coefficient (Wildman–Crippen LogP) is 2.79. The molecule has 1 aliphatic rings. The molecule has 1 saturated carbocycles. The summed E-state index contributed by atoms with van der Waals surface area (Å²) in [6.45, 7) is 1.92. The van der Waals surface area contributed by atoms with Crippen molar-refractivity contribution in [3.63, 3.8) is 0 Å². The van der Waals surface area contributed by atoms with Crippen LogP contribution in [-0.2, 0) is 4.79 Å². The molecule has 0 atom stereocenters. The van der Waals surface area contributed by atoms with Crippen LogP contribution >= 0.6 is 0 Å². The van der Waals surface area contributed by atoms with Crippen LogP contribution in [-0.4, -0.2) is 11.7 Å². The van der Waals surface area contributed by atoms with Gasteiger partial charge in [0.25, 0.3) is 0 Å². The van der Waals surface area contributed by atoms with Crippen molar-refractivity contribution in [2.75, 3.05) is 0 Å². The summed E-state index contributed by atoms with van der Waals surface area (Å²) in [5.74, 6) is -2.38. The fraction of sp³-hybridized carbons (Fsp3) is 0.889. The highest BCUT2D eigenvalue weighted by atomic mass is 19.3. The summed E-state index contributed by atoms with van der Waals surface area (Å²) in [4.78, 5) is 11.0. The van der Waals surface area contributed by atoms with Gasteiger partial charge < -0.3 is 0 Å². The Morgan fingerprint density at radius 2 is 2.08 bits per heavy atom. The summed E-state index contributed by atoms with van der Waals surface area (Å²) >= 11 is 0. The van der Waals surface area contributed by atoms with Gasteiger partial charge >= 0.3 is 0 Å². The lowest BCUT2D eigenvalue weighted by Gasteiger charge is -2.34. The van der Waals surface area contributed by atoms with Crippen LogP contribution in [0, 0.1) is 5.92 Å². The summed E-state index contributed by atoms with van der Waals surface area (Å²) < 4.78 is 24.6. The van der Waals surface area contributed by atoms with Crippen LogP contribution in [0.5, 0.6) is 0 Å². The van der Waals surface area contributed by atoms with Gasteiger partial charge in [0.05, 0.1) is 0 Å². The van der Waals surface area contributed by atoms with Crippen LogP contribution in [0.15, 0.2) is 0 Å². The number of alkyl halides is 2. The minimum absolute atomic E-state index is 0.0425. The highest BCUT2D eigenvalue weighted by Gasteiger charge is 2.45. The van der Waals surface area contributed by atoms with Crippen molar-refractivity contribution < 1.29 is 13.6 Å². The van der Waals surface area contributed by atoms with Crippen LogP contribution in [0.4, 0.5) is 8.78 Å². The molecule has 0 saturated heterocycles. The van der Waals surface area contributed by atoms with E-state index in [9.17, 15) is 13.6 Å². The van der Waals surface area contributed by atoms with Gasteiger partial charge in [-0.25, -0.2) is 8.78 Å². The maximum atomic E-state index is 12.3. The Hall–Kier alpha value is -0.470. The van der Waals surface area contributed by atoms with Gasteiger partial charge in [-0.05, 0) is 12.3 Å². The smallest absolute Gasteiger partial charge is 0.248 e. The zero-order valence-electron chi connectivity index (χ0n) is 7.28. The topological polar surface area (TPSA) is 17.1 Å². The van der Waals surface area contributed by atoms with Crippen LogP contribution in [0.1, 0.15) is 39.0 Å². The molecule has 0 amide bonds. The first kappa shape index (κ1) is 9.62. The summed E-state index contributed by atoms with van der Waals surface area (Å²) in [7, 11) is 0. The van der Waals surface area contributed by atoms with Gasteiger partial charge in [0, 0.05) is 25.7 Å².